The number of rotatable bonds is 64. The van der Waals surface area contributed by atoms with Crippen LogP contribution < -0.4 is 75.3 Å². The van der Waals surface area contributed by atoms with Crippen LogP contribution in [0.4, 0.5) is 0 Å². The molecule has 0 bridgehead atoms. The first-order valence-electron chi connectivity index (χ1n) is 39.3. The Balaban J connectivity index is 3.40. The number of aromatic hydroxyl groups is 1. The van der Waals surface area contributed by atoms with Gasteiger partial charge in [0.25, 0.3) is 0 Å². The number of carboxylic acids is 1. The zero-order valence-corrected chi connectivity index (χ0v) is 68.0. The van der Waals surface area contributed by atoms with Gasteiger partial charge in [0, 0.05) is 19.3 Å². The predicted octanol–water partition coefficient (Wildman–Crippen LogP) is 1.99. The highest BCUT2D eigenvalue weighted by atomic mass is 32.2. The molecule has 12 atom stereocenters. The number of carboxylic acid groups (broad SMARTS) is 1. The Hall–Kier alpha value is -8.15. The van der Waals surface area contributed by atoms with Crippen molar-refractivity contribution in [2.24, 2.45) is 11.5 Å². The number of carbonyl (C=O) groups excluding carboxylic acids is 14. The minimum atomic E-state index is -1.74. The lowest BCUT2D eigenvalue weighted by molar-refractivity contribution is -0.141. The van der Waals surface area contributed by atoms with Crippen molar-refractivity contribution >= 4 is 112 Å². The first-order valence-corrected chi connectivity index (χ1v) is 42.0. The Morgan fingerprint density at radius 3 is 1.29 bits per heavy atom. The van der Waals surface area contributed by atoms with Gasteiger partial charge in [-0.2, -0.15) is 23.5 Å². The van der Waals surface area contributed by atoms with Crippen LogP contribution in [0.15, 0.2) is 24.3 Å². The number of Topliss-reactive ketones (excluding diaryl/α,β-unsaturated/α-hetero) is 1. The average molecular weight is 1610 g/mol. The Labute approximate surface area is 662 Å². The third-order valence-electron chi connectivity index (χ3n) is 18.4. The molecule has 111 heavy (non-hydrogen) atoms. The van der Waals surface area contributed by atoms with Gasteiger partial charge in [-0.05, 0) is 127 Å². The molecule has 1 aromatic carbocycles. The molecule has 0 aliphatic carbocycles. The Morgan fingerprint density at radius 2 is 0.820 bits per heavy atom. The number of nitrogens with two attached hydrogens (primary N) is 2. The lowest BCUT2D eigenvalue weighted by Gasteiger charge is -2.28. The van der Waals surface area contributed by atoms with E-state index in [1.807, 2.05) is 13.2 Å². The highest BCUT2D eigenvalue weighted by Gasteiger charge is 2.37. The van der Waals surface area contributed by atoms with Crippen LogP contribution in [0.2, 0.25) is 0 Å². The monoisotopic (exact) mass is 1610 g/mol. The van der Waals surface area contributed by atoms with E-state index >= 15 is 0 Å². The van der Waals surface area contributed by atoms with E-state index in [1.165, 1.54) is 106 Å². The van der Waals surface area contributed by atoms with Crippen molar-refractivity contribution in [1.82, 2.24) is 63.8 Å². The molecule has 630 valence electrons. The number of thioether (sulfide) groups is 2. The molecule has 0 radical (unpaired) electrons. The SMILES string of the molecule is CCCCCCCCCCCCCCCC(=O)N[C@@H](CCSC)C(=O)NCC(=O)N[C@@H](Cc1ccc(O)cc1)C(=O)N[C@@H](CCC(N)=O)C(=O)N[C@@H](CCCCC)C(=O)N[C@@H](CCCCN)C(=O)N[C@@H](C)C(=O)N[C@@H](CCCC)C(=O)N[C@@H](CO)C(=O)N[C@@H](CCSC)C(=O)N[C@H](C(=O)N[C@@H](CC(=O)O)C(C)=O)[C@@H](C)O. The fourth-order valence-electron chi connectivity index (χ4n) is 11.7. The molecule has 13 amide bonds. The van der Waals surface area contributed by atoms with Gasteiger partial charge in [-0.25, -0.2) is 0 Å². The van der Waals surface area contributed by atoms with E-state index in [2.05, 4.69) is 70.7 Å². The third kappa shape index (κ3) is 44.6. The minimum absolute atomic E-state index is 0.00593. The van der Waals surface area contributed by atoms with Crippen molar-refractivity contribution in [1.29, 1.82) is 0 Å². The van der Waals surface area contributed by atoms with E-state index in [0.717, 1.165) is 39.5 Å². The maximum Gasteiger partial charge on any atom is 0.305 e. The van der Waals surface area contributed by atoms with E-state index < -0.39 is 181 Å². The van der Waals surface area contributed by atoms with Crippen molar-refractivity contribution in [3.8, 4) is 5.75 Å². The summed E-state index contributed by atoms with van der Waals surface area (Å²) in [4.78, 5) is 203. The number of phenols is 1. The Bertz CT molecular complexity index is 3050. The maximum absolute atomic E-state index is 14.5. The molecule has 0 spiro atoms. The van der Waals surface area contributed by atoms with E-state index in [9.17, 15) is 92.3 Å². The van der Waals surface area contributed by atoms with Gasteiger partial charge in [-0.3, -0.25) is 71.9 Å². The van der Waals surface area contributed by atoms with Crippen molar-refractivity contribution < 1.29 is 92.3 Å². The summed E-state index contributed by atoms with van der Waals surface area (Å²) < 4.78 is 0. The number of unbranched alkanes of at least 4 members (excludes halogenated alkanes) is 16. The molecule has 1 rings (SSSR count). The number of aliphatic carboxylic acids is 1. The maximum atomic E-state index is 14.5. The summed E-state index contributed by atoms with van der Waals surface area (Å²) in [5, 5.41) is 70.6. The van der Waals surface area contributed by atoms with Crippen LogP contribution in [0.1, 0.15) is 233 Å². The molecular weight excluding hydrogens is 1480 g/mol. The fraction of sp³-hybridized carbons (Fsp3) is 0.724. The average Bonchev–Trinajstić information content (AvgIpc) is 0.861. The smallest absolute Gasteiger partial charge is 0.305 e. The van der Waals surface area contributed by atoms with Gasteiger partial charge < -0.3 is 95.7 Å². The second kappa shape index (κ2) is 59.6. The van der Waals surface area contributed by atoms with Crippen molar-refractivity contribution in [3.63, 3.8) is 0 Å². The standard InChI is InChI=1S/C76H130N14O19S2/c1-9-12-15-16-17-18-19-20-21-22-23-24-26-32-63(96)81-57(39-42-110-7)68(101)79-46-64(97)82-60(44-51-33-35-52(94)36-34-51)74(107)86-56(37-38-62(78)95)72(105)85-55(30-25-13-10-2)70(103)84-54(31-27-28-41-77)69(102)80-48(4)67(100)83-53(29-14-11-3)71(104)89-61(47-91)75(108)87-58(40-43-111-8)73(106)90-66(50(6)93)76(109)88-59(49(5)92)45-65(98)99/h33-36,48,50,53-61,66,91,93-94H,9-32,37-47,77H2,1-8H3,(H2,78,95)(H,79,101)(H,80,102)(H,81,96)(H,82,97)(H,83,100)(H,84,103)(H,85,105)(H,86,107)(H,87,108)(H,88,109)(H,89,104)(H,90,106)(H,98,99)/t48-,50+,53-,54-,55-,56-,57-,58-,59-,60-,61-,66-/m0/s1. The summed E-state index contributed by atoms with van der Waals surface area (Å²) in [6.45, 7) is 7.96. The second-order valence-corrected chi connectivity index (χ2v) is 30.1. The van der Waals surface area contributed by atoms with Crippen molar-refractivity contribution in [2.75, 3.05) is 43.7 Å². The van der Waals surface area contributed by atoms with E-state index in [0.29, 0.717) is 56.3 Å². The van der Waals surface area contributed by atoms with E-state index in [1.54, 1.807) is 13.2 Å². The first kappa shape index (κ1) is 101. The van der Waals surface area contributed by atoms with Crippen LogP contribution in [0, 0.1) is 0 Å². The number of benzene rings is 1. The minimum Gasteiger partial charge on any atom is -0.508 e. The molecule has 1 aromatic rings. The van der Waals surface area contributed by atoms with Crippen LogP contribution in [0.3, 0.4) is 0 Å². The summed E-state index contributed by atoms with van der Waals surface area (Å²) in [6.07, 6.45) is 18.6. The number of primary amides is 1. The summed E-state index contributed by atoms with van der Waals surface area (Å²) in [6, 6.07) is -10.2. The lowest BCUT2D eigenvalue weighted by atomic mass is 10.0. The lowest BCUT2D eigenvalue weighted by Crippen LogP contribution is -2.61. The summed E-state index contributed by atoms with van der Waals surface area (Å²) in [5.74, 6) is -12.7. The summed E-state index contributed by atoms with van der Waals surface area (Å²) in [5.41, 5.74) is 11.8. The zero-order chi connectivity index (χ0) is 83.2. The van der Waals surface area contributed by atoms with Crippen molar-refractivity contribution in [3.05, 3.63) is 29.8 Å². The summed E-state index contributed by atoms with van der Waals surface area (Å²) >= 11 is 2.75. The van der Waals surface area contributed by atoms with Gasteiger partial charge in [-0.15, -0.1) is 0 Å². The normalized spacial score (nSPS) is 14.4. The van der Waals surface area contributed by atoms with Gasteiger partial charge in [0.15, 0.2) is 5.78 Å². The van der Waals surface area contributed by atoms with Gasteiger partial charge in [0.05, 0.1) is 31.7 Å². The Kier molecular flexibility index (Phi) is 54.1. The number of phenolic OH excluding ortho intramolecular Hbond substituents is 1. The molecule has 33 nitrogen and oxygen atoms in total. The topological polar surface area (TPSA) is 533 Å². The van der Waals surface area contributed by atoms with Crippen LogP contribution in [-0.4, -0.2) is 225 Å². The molecule has 0 fully saturated rings. The largest absolute Gasteiger partial charge is 0.508 e. The molecule has 0 heterocycles. The molecule has 0 aromatic heterocycles. The van der Waals surface area contributed by atoms with Gasteiger partial charge in [0.1, 0.15) is 66.2 Å². The number of carbonyl (C=O) groups is 15. The molecule has 0 aliphatic heterocycles. The molecule has 0 saturated carbocycles. The number of amides is 13. The number of hydrogen-bond donors (Lipinski definition) is 18. The number of aliphatic hydroxyl groups is 2. The molecule has 20 N–H and O–H groups in total. The number of nitrogens with one attached hydrogen (secondary N) is 12. The number of hydrogen-bond acceptors (Lipinski definition) is 21. The van der Waals surface area contributed by atoms with E-state index in [-0.39, 0.29) is 81.7 Å². The van der Waals surface area contributed by atoms with Crippen LogP contribution >= 0.6 is 23.5 Å². The zero-order valence-electron chi connectivity index (χ0n) is 66.4. The summed E-state index contributed by atoms with van der Waals surface area (Å²) in [7, 11) is 0. The van der Waals surface area contributed by atoms with Gasteiger partial charge in [-0.1, -0.05) is 142 Å². The van der Waals surface area contributed by atoms with Gasteiger partial charge in [0.2, 0.25) is 76.8 Å². The highest BCUT2D eigenvalue weighted by Crippen LogP contribution is 2.17. The van der Waals surface area contributed by atoms with Crippen LogP contribution in [0.25, 0.3) is 0 Å². The molecule has 0 unspecified atom stereocenters. The van der Waals surface area contributed by atoms with Crippen LogP contribution in [0.5, 0.6) is 5.75 Å². The molecular formula is C76H130N14O19S2. The molecule has 35 heteroatoms. The highest BCUT2D eigenvalue weighted by molar-refractivity contribution is 7.98. The van der Waals surface area contributed by atoms with E-state index in [4.69, 9.17) is 11.5 Å². The van der Waals surface area contributed by atoms with Crippen LogP contribution in [-0.2, 0) is 78.3 Å². The first-order chi connectivity index (χ1) is 52.9. The number of aliphatic hydroxyl groups excluding tert-OH is 2. The Morgan fingerprint density at radius 1 is 0.423 bits per heavy atom. The third-order valence-corrected chi connectivity index (χ3v) is 19.7. The molecule has 0 saturated heterocycles. The second-order valence-electron chi connectivity index (χ2n) is 28.1. The quantitative estimate of drug-likeness (QED) is 0.0415. The number of ketones is 1. The van der Waals surface area contributed by atoms with Gasteiger partial charge >= 0.3 is 5.97 Å². The predicted molar refractivity (Wildman–Crippen MR) is 425 cm³/mol. The van der Waals surface area contributed by atoms with Crippen molar-refractivity contribution in [2.45, 2.75) is 307 Å². The molecule has 0 aliphatic rings. The fourth-order valence-corrected chi connectivity index (χ4v) is 12.6.